The molecule has 5 rings (SSSR count). The predicted octanol–water partition coefficient (Wildman–Crippen LogP) is 2.96. The van der Waals surface area contributed by atoms with E-state index in [0.717, 1.165) is 49.3 Å². The van der Waals surface area contributed by atoms with Crippen molar-refractivity contribution in [1.82, 2.24) is 24.8 Å². The van der Waals surface area contributed by atoms with Crippen LogP contribution in [0.2, 0.25) is 0 Å². The van der Waals surface area contributed by atoms with E-state index in [4.69, 9.17) is 0 Å². The van der Waals surface area contributed by atoms with Crippen molar-refractivity contribution in [2.24, 2.45) is 5.92 Å². The van der Waals surface area contributed by atoms with Crippen LogP contribution in [0.4, 0.5) is 24.8 Å². The highest BCUT2D eigenvalue weighted by Crippen LogP contribution is 2.39. The molecule has 4 heterocycles. The summed E-state index contributed by atoms with van der Waals surface area (Å²) in [6.07, 6.45) is -0.810. The van der Waals surface area contributed by atoms with Gasteiger partial charge in [-0.2, -0.15) is 17.7 Å². The van der Waals surface area contributed by atoms with Gasteiger partial charge in [0.1, 0.15) is 11.6 Å². The molecule has 0 bridgehead atoms. The van der Waals surface area contributed by atoms with Gasteiger partial charge in [-0.1, -0.05) is 0 Å². The number of anilines is 2. The molecule has 1 aliphatic carbocycles. The minimum atomic E-state index is -4.42. The molecule has 146 valence electrons. The number of pyridine rings is 1. The van der Waals surface area contributed by atoms with Crippen molar-refractivity contribution in [3.8, 4) is 0 Å². The van der Waals surface area contributed by atoms with Crippen LogP contribution < -0.4 is 10.2 Å². The van der Waals surface area contributed by atoms with E-state index < -0.39 is 11.7 Å². The minimum absolute atomic E-state index is 0.119. The first-order valence-corrected chi connectivity index (χ1v) is 9.22. The maximum atomic E-state index is 13.0. The Labute approximate surface area is 158 Å². The molecule has 1 saturated carbocycles. The average molecular weight is 389 g/mol. The zero-order valence-electron chi connectivity index (χ0n) is 14.9. The standard InChI is InChI=1S/C18H18F3N7/c19-18(20,21)13-2-1-7-22-16(13)23-8-11-9-27(10-11)15-6-5-14-24-25-17(12-3-4-12)28(14)26-15/h1-2,5-7,11-12H,3-4,8-10H2,(H,22,23). The third-order valence-electron chi connectivity index (χ3n) is 5.17. The molecule has 1 N–H and O–H groups in total. The van der Waals surface area contributed by atoms with Crippen molar-refractivity contribution in [3.63, 3.8) is 0 Å². The van der Waals surface area contributed by atoms with Crippen LogP contribution in [-0.4, -0.2) is 44.4 Å². The molecule has 0 unspecified atom stereocenters. The smallest absolute Gasteiger partial charge is 0.369 e. The molecule has 10 heteroatoms. The van der Waals surface area contributed by atoms with E-state index in [0.29, 0.717) is 12.5 Å². The van der Waals surface area contributed by atoms with Gasteiger partial charge in [0.2, 0.25) is 0 Å². The van der Waals surface area contributed by atoms with Gasteiger partial charge in [0, 0.05) is 37.7 Å². The zero-order chi connectivity index (χ0) is 19.3. The van der Waals surface area contributed by atoms with Gasteiger partial charge < -0.3 is 10.2 Å². The van der Waals surface area contributed by atoms with Crippen LogP contribution >= 0.6 is 0 Å². The van der Waals surface area contributed by atoms with Crippen LogP contribution in [0.5, 0.6) is 0 Å². The lowest BCUT2D eigenvalue weighted by atomic mass is 10.00. The Morgan fingerprint density at radius 3 is 2.68 bits per heavy atom. The third kappa shape index (κ3) is 3.12. The van der Waals surface area contributed by atoms with E-state index >= 15 is 0 Å². The number of hydrogen-bond acceptors (Lipinski definition) is 6. The summed E-state index contributed by atoms with van der Waals surface area (Å²) in [4.78, 5) is 5.94. The van der Waals surface area contributed by atoms with Crippen molar-refractivity contribution in [1.29, 1.82) is 0 Å². The van der Waals surface area contributed by atoms with Gasteiger partial charge in [-0.3, -0.25) is 0 Å². The van der Waals surface area contributed by atoms with Gasteiger partial charge >= 0.3 is 6.18 Å². The van der Waals surface area contributed by atoms with E-state index in [1.807, 2.05) is 16.6 Å². The summed E-state index contributed by atoms with van der Waals surface area (Å²) in [5.41, 5.74) is -0.00210. The molecule has 0 aromatic carbocycles. The van der Waals surface area contributed by atoms with E-state index in [1.54, 1.807) is 0 Å². The van der Waals surface area contributed by atoms with Crippen molar-refractivity contribution in [2.45, 2.75) is 24.9 Å². The molecule has 2 fully saturated rings. The van der Waals surface area contributed by atoms with E-state index in [9.17, 15) is 13.2 Å². The van der Waals surface area contributed by atoms with Crippen LogP contribution in [0, 0.1) is 5.92 Å². The van der Waals surface area contributed by atoms with Gasteiger partial charge in [-0.05, 0) is 37.1 Å². The van der Waals surface area contributed by atoms with Crippen molar-refractivity contribution in [3.05, 3.63) is 41.9 Å². The van der Waals surface area contributed by atoms with Crippen LogP contribution in [0.25, 0.3) is 5.65 Å². The lowest BCUT2D eigenvalue weighted by Crippen LogP contribution is -2.50. The van der Waals surface area contributed by atoms with Crippen LogP contribution in [0.15, 0.2) is 30.5 Å². The molecule has 0 atom stereocenters. The lowest BCUT2D eigenvalue weighted by Gasteiger charge is -2.40. The Kier molecular flexibility index (Phi) is 3.88. The average Bonchev–Trinajstić information content (AvgIpc) is 3.39. The zero-order valence-corrected chi connectivity index (χ0v) is 14.9. The fourth-order valence-electron chi connectivity index (χ4n) is 3.46. The molecule has 1 saturated heterocycles. The van der Waals surface area contributed by atoms with Crippen molar-refractivity contribution in [2.75, 3.05) is 29.9 Å². The Bertz CT molecular complexity index is 1010. The predicted molar refractivity (Wildman–Crippen MR) is 96.2 cm³/mol. The Hall–Kier alpha value is -2.91. The van der Waals surface area contributed by atoms with Gasteiger partial charge in [-0.15, -0.1) is 15.3 Å². The molecule has 7 nitrogen and oxygen atoms in total. The summed E-state index contributed by atoms with van der Waals surface area (Å²) in [7, 11) is 0. The number of nitrogens with one attached hydrogen (secondary N) is 1. The second-order valence-corrected chi connectivity index (χ2v) is 7.34. The van der Waals surface area contributed by atoms with Crippen molar-refractivity contribution >= 4 is 17.3 Å². The Morgan fingerprint density at radius 1 is 1.11 bits per heavy atom. The summed E-state index contributed by atoms with van der Waals surface area (Å²) in [6, 6.07) is 6.14. The van der Waals surface area contributed by atoms with Gasteiger partial charge in [-0.25, -0.2) is 4.98 Å². The monoisotopic (exact) mass is 389 g/mol. The molecule has 3 aromatic rings. The SMILES string of the molecule is FC(F)(F)c1cccnc1NCC1CN(c2ccc3nnc(C4CC4)n3n2)C1. The van der Waals surface area contributed by atoms with Gasteiger partial charge in [0.05, 0.1) is 5.56 Å². The fraction of sp³-hybridized carbons (Fsp3) is 0.444. The van der Waals surface area contributed by atoms with E-state index in [2.05, 4.69) is 30.5 Å². The van der Waals surface area contributed by atoms with Gasteiger partial charge in [0.15, 0.2) is 11.5 Å². The maximum absolute atomic E-state index is 13.0. The van der Waals surface area contributed by atoms with E-state index in [1.165, 1.54) is 12.3 Å². The molecule has 0 spiro atoms. The summed E-state index contributed by atoms with van der Waals surface area (Å²) >= 11 is 0. The quantitative estimate of drug-likeness (QED) is 0.724. The number of nitrogens with zero attached hydrogens (tertiary/aromatic N) is 6. The molecule has 28 heavy (non-hydrogen) atoms. The Balaban J connectivity index is 1.23. The molecular formula is C18H18F3N7. The van der Waals surface area contributed by atoms with Crippen LogP contribution in [0.1, 0.15) is 30.1 Å². The third-order valence-corrected chi connectivity index (χ3v) is 5.17. The summed E-state index contributed by atoms with van der Waals surface area (Å²) in [5, 5.41) is 15.9. The number of halogens is 3. The molecule has 0 radical (unpaired) electrons. The second-order valence-electron chi connectivity index (χ2n) is 7.34. The molecular weight excluding hydrogens is 371 g/mol. The first kappa shape index (κ1) is 17.2. The highest BCUT2D eigenvalue weighted by Gasteiger charge is 2.35. The molecule has 3 aromatic heterocycles. The molecule has 2 aliphatic rings. The molecule has 1 aliphatic heterocycles. The summed E-state index contributed by atoms with van der Waals surface area (Å²) in [6.45, 7) is 1.87. The van der Waals surface area contributed by atoms with E-state index in [-0.39, 0.29) is 11.7 Å². The van der Waals surface area contributed by atoms with Gasteiger partial charge in [0.25, 0.3) is 0 Å². The van der Waals surface area contributed by atoms with Crippen LogP contribution in [0.3, 0.4) is 0 Å². The first-order chi connectivity index (χ1) is 13.5. The topological polar surface area (TPSA) is 71.2 Å². The lowest BCUT2D eigenvalue weighted by molar-refractivity contribution is -0.137. The number of fused-ring (bicyclic) bond motifs is 1. The number of hydrogen-bond donors (Lipinski definition) is 1. The van der Waals surface area contributed by atoms with Crippen molar-refractivity contribution < 1.29 is 13.2 Å². The second kappa shape index (κ2) is 6.32. The normalized spacial score (nSPS) is 17.8. The Morgan fingerprint density at radius 2 is 1.93 bits per heavy atom. The first-order valence-electron chi connectivity index (χ1n) is 9.22. The minimum Gasteiger partial charge on any atom is -0.369 e. The number of aromatic nitrogens is 5. The largest absolute Gasteiger partial charge is 0.419 e. The number of alkyl halides is 3. The fourth-order valence-corrected chi connectivity index (χ4v) is 3.46. The maximum Gasteiger partial charge on any atom is 0.419 e. The highest BCUT2D eigenvalue weighted by molar-refractivity contribution is 5.49. The summed E-state index contributed by atoms with van der Waals surface area (Å²) < 4.78 is 40.9. The summed E-state index contributed by atoms with van der Waals surface area (Å²) in [5.74, 6) is 2.30. The highest BCUT2D eigenvalue weighted by atomic mass is 19.4. The molecule has 0 amide bonds. The van der Waals surface area contributed by atoms with Crippen LogP contribution in [-0.2, 0) is 6.18 Å². The number of rotatable bonds is 5.